The molecule has 1 aromatic rings. The van der Waals surface area contributed by atoms with Crippen LogP contribution in [0.1, 0.15) is 50.7 Å². The number of nitrogens with one attached hydrogen (secondary N) is 2. The highest BCUT2D eigenvalue weighted by Crippen LogP contribution is 2.30. The first-order valence-corrected chi connectivity index (χ1v) is 9.98. The van der Waals surface area contributed by atoms with Crippen molar-refractivity contribution in [2.24, 2.45) is 4.99 Å². The maximum Gasteiger partial charge on any atom is 0.434 e. The van der Waals surface area contributed by atoms with Crippen molar-refractivity contribution < 1.29 is 13.2 Å². The van der Waals surface area contributed by atoms with Crippen molar-refractivity contribution in [3.05, 3.63) is 16.1 Å². The second-order valence-corrected chi connectivity index (χ2v) is 7.57. The lowest BCUT2D eigenvalue weighted by atomic mass is 10.0. The first-order valence-electron chi connectivity index (χ1n) is 9.10. The smallest absolute Gasteiger partial charge is 0.357 e. The highest BCUT2D eigenvalue weighted by molar-refractivity contribution is 14.0. The van der Waals surface area contributed by atoms with E-state index in [1.165, 1.54) is 19.3 Å². The number of halogens is 4. The number of likely N-dealkylation sites (tertiary alicyclic amines) is 1. The van der Waals surface area contributed by atoms with E-state index in [0.717, 1.165) is 29.8 Å². The maximum atomic E-state index is 12.6. The van der Waals surface area contributed by atoms with Gasteiger partial charge in [-0.15, -0.1) is 35.3 Å². The fourth-order valence-electron chi connectivity index (χ4n) is 3.14. The average molecular weight is 519 g/mol. The van der Waals surface area contributed by atoms with Gasteiger partial charge in [0.1, 0.15) is 5.01 Å². The van der Waals surface area contributed by atoms with Gasteiger partial charge in [-0.2, -0.15) is 13.2 Å². The molecule has 0 amide bonds. The van der Waals surface area contributed by atoms with Gasteiger partial charge in [-0.25, -0.2) is 9.98 Å². The largest absolute Gasteiger partial charge is 0.434 e. The number of hydrogen-bond donors (Lipinski definition) is 2. The number of alkyl halides is 3. The van der Waals surface area contributed by atoms with Crippen molar-refractivity contribution in [3.63, 3.8) is 0 Å². The molecule has 1 fully saturated rings. The van der Waals surface area contributed by atoms with E-state index in [4.69, 9.17) is 0 Å². The number of hydrogen-bond acceptors (Lipinski definition) is 4. The summed E-state index contributed by atoms with van der Waals surface area (Å²) in [5.74, 6) is 0.604. The van der Waals surface area contributed by atoms with Gasteiger partial charge in [0.05, 0.1) is 6.54 Å². The number of thiazole rings is 1. The first kappa shape index (κ1) is 24.4. The van der Waals surface area contributed by atoms with Crippen LogP contribution in [-0.4, -0.2) is 47.6 Å². The lowest BCUT2D eigenvalue weighted by Crippen LogP contribution is -2.50. The quantitative estimate of drug-likeness (QED) is 0.338. The molecule has 2 unspecified atom stereocenters. The summed E-state index contributed by atoms with van der Waals surface area (Å²) in [6.07, 6.45) is -0.657. The molecule has 0 bridgehead atoms. The highest BCUT2D eigenvalue weighted by atomic mass is 127. The zero-order valence-corrected chi connectivity index (χ0v) is 19.1. The lowest BCUT2D eigenvalue weighted by molar-refractivity contribution is -0.140. The minimum atomic E-state index is -4.40. The first-order chi connectivity index (χ1) is 12.3. The summed E-state index contributed by atoms with van der Waals surface area (Å²) in [7, 11) is 0. The van der Waals surface area contributed by atoms with Gasteiger partial charge >= 0.3 is 6.18 Å². The molecular formula is C17H29F3IN5S. The van der Waals surface area contributed by atoms with E-state index in [-0.39, 0.29) is 30.5 Å². The van der Waals surface area contributed by atoms with Crippen LogP contribution in [0.2, 0.25) is 0 Å². The summed E-state index contributed by atoms with van der Waals surface area (Å²) in [5, 5.41) is 7.82. The summed E-state index contributed by atoms with van der Waals surface area (Å²) in [6, 6.07) is 0.946. The fourth-order valence-corrected chi connectivity index (χ4v) is 3.86. The number of guanidine groups is 1. The SMILES string of the molecule is CCNC(=NCc1nc(C(F)(F)F)cs1)NCC(C)N1CCCCC1C.I. The Kier molecular flexibility index (Phi) is 10.3. The van der Waals surface area contributed by atoms with Gasteiger partial charge in [-0.1, -0.05) is 6.42 Å². The molecule has 0 aliphatic carbocycles. The van der Waals surface area contributed by atoms with Crippen LogP contribution in [-0.2, 0) is 12.7 Å². The Hall–Kier alpha value is -0.620. The third kappa shape index (κ3) is 7.72. The predicted octanol–water partition coefficient (Wildman–Crippen LogP) is 4.10. The van der Waals surface area contributed by atoms with Crippen molar-refractivity contribution >= 4 is 41.3 Å². The molecule has 0 aromatic carbocycles. The summed E-state index contributed by atoms with van der Waals surface area (Å²) in [4.78, 5) is 10.5. The zero-order valence-electron chi connectivity index (χ0n) is 16.0. The van der Waals surface area contributed by atoms with E-state index < -0.39 is 11.9 Å². The molecule has 10 heteroatoms. The normalized spacial score (nSPS) is 20.1. The molecule has 1 aliphatic heterocycles. The van der Waals surface area contributed by atoms with Gasteiger partial charge in [0.15, 0.2) is 11.7 Å². The number of aliphatic imine (C=N–C) groups is 1. The zero-order chi connectivity index (χ0) is 19.2. The van der Waals surface area contributed by atoms with Crippen LogP contribution in [0.3, 0.4) is 0 Å². The van der Waals surface area contributed by atoms with E-state index in [2.05, 4.69) is 39.4 Å². The van der Waals surface area contributed by atoms with Crippen LogP contribution in [0.4, 0.5) is 13.2 Å². The standard InChI is InChI=1S/C17H28F3N5S.HI/c1-4-21-16(22-9-13(3)25-8-6-5-7-12(25)2)23-10-15-24-14(11-26-15)17(18,19)20;/h11-13H,4-10H2,1-3H3,(H2,21,22,23);1H. The Morgan fingerprint density at radius 1 is 1.41 bits per heavy atom. The molecule has 2 atom stereocenters. The van der Waals surface area contributed by atoms with Crippen LogP contribution < -0.4 is 10.6 Å². The second kappa shape index (κ2) is 11.4. The molecule has 0 radical (unpaired) electrons. The Labute approximate surface area is 180 Å². The van der Waals surface area contributed by atoms with Crippen molar-refractivity contribution in [1.29, 1.82) is 0 Å². The third-order valence-corrected chi connectivity index (χ3v) is 5.38. The van der Waals surface area contributed by atoms with Gasteiger partial charge in [0, 0.05) is 30.6 Å². The second-order valence-electron chi connectivity index (χ2n) is 6.63. The van der Waals surface area contributed by atoms with E-state index in [9.17, 15) is 13.2 Å². The maximum absolute atomic E-state index is 12.6. The minimum Gasteiger partial charge on any atom is -0.357 e. The average Bonchev–Trinajstić information content (AvgIpc) is 3.07. The molecule has 0 saturated carbocycles. The summed E-state index contributed by atoms with van der Waals surface area (Å²) in [5.41, 5.74) is -0.849. The molecule has 27 heavy (non-hydrogen) atoms. The summed E-state index contributed by atoms with van der Waals surface area (Å²) < 4.78 is 37.9. The summed E-state index contributed by atoms with van der Waals surface area (Å²) >= 11 is 0.982. The van der Waals surface area contributed by atoms with Crippen LogP contribution >= 0.6 is 35.3 Å². The molecule has 2 N–H and O–H groups in total. The minimum absolute atomic E-state index is 0. The van der Waals surface area contributed by atoms with Crippen molar-refractivity contribution in [2.75, 3.05) is 19.6 Å². The molecule has 2 rings (SSSR count). The lowest BCUT2D eigenvalue weighted by Gasteiger charge is -2.38. The Morgan fingerprint density at radius 2 is 2.15 bits per heavy atom. The Bertz CT molecular complexity index is 593. The Morgan fingerprint density at radius 3 is 2.74 bits per heavy atom. The van der Waals surface area contributed by atoms with Crippen molar-refractivity contribution in [3.8, 4) is 0 Å². The van der Waals surface area contributed by atoms with E-state index >= 15 is 0 Å². The molecule has 1 saturated heterocycles. The molecule has 5 nitrogen and oxygen atoms in total. The van der Waals surface area contributed by atoms with Crippen LogP contribution in [0.25, 0.3) is 0 Å². The number of rotatable bonds is 6. The number of nitrogens with zero attached hydrogens (tertiary/aromatic N) is 3. The van der Waals surface area contributed by atoms with Crippen molar-refractivity contribution in [1.82, 2.24) is 20.5 Å². The van der Waals surface area contributed by atoms with Gasteiger partial charge < -0.3 is 10.6 Å². The van der Waals surface area contributed by atoms with Gasteiger partial charge in [-0.05, 0) is 40.2 Å². The molecule has 1 aromatic heterocycles. The molecule has 1 aliphatic rings. The number of piperidine rings is 1. The van der Waals surface area contributed by atoms with E-state index in [1.807, 2.05) is 6.92 Å². The van der Waals surface area contributed by atoms with Crippen molar-refractivity contribution in [2.45, 2.75) is 64.8 Å². The molecule has 156 valence electrons. The molecule has 2 heterocycles. The summed E-state index contributed by atoms with van der Waals surface area (Å²) in [6.45, 7) is 9.07. The van der Waals surface area contributed by atoms with Crippen LogP contribution in [0, 0.1) is 0 Å². The highest BCUT2D eigenvalue weighted by Gasteiger charge is 2.33. The van der Waals surface area contributed by atoms with E-state index in [0.29, 0.717) is 29.6 Å². The monoisotopic (exact) mass is 519 g/mol. The van der Waals surface area contributed by atoms with Gasteiger partial charge in [0.2, 0.25) is 0 Å². The topological polar surface area (TPSA) is 52.6 Å². The van der Waals surface area contributed by atoms with E-state index in [1.54, 1.807) is 0 Å². The van der Waals surface area contributed by atoms with Gasteiger partial charge in [-0.3, -0.25) is 4.90 Å². The van der Waals surface area contributed by atoms with Crippen LogP contribution in [0.5, 0.6) is 0 Å². The van der Waals surface area contributed by atoms with Gasteiger partial charge in [0.25, 0.3) is 0 Å². The Balaban J connectivity index is 0.00000364. The molecule has 0 spiro atoms. The number of aromatic nitrogens is 1. The third-order valence-electron chi connectivity index (χ3n) is 4.54. The molecular weight excluding hydrogens is 490 g/mol. The van der Waals surface area contributed by atoms with Crippen LogP contribution in [0.15, 0.2) is 10.4 Å². The fraction of sp³-hybridized carbons (Fsp3) is 0.765. The predicted molar refractivity (Wildman–Crippen MR) is 115 cm³/mol.